The summed E-state index contributed by atoms with van der Waals surface area (Å²) < 4.78 is 4.90. The fourth-order valence-electron chi connectivity index (χ4n) is 2.41. The zero-order valence-corrected chi connectivity index (χ0v) is 14.4. The van der Waals surface area contributed by atoms with Crippen molar-refractivity contribution in [2.45, 2.75) is 26.7 Å². The Balaban J connectivity index is 2.11. The molecule has 0 fully saturated rings. The number of hydrogen-bond donors (Lipinski definition) is 2. The van der Waals surface area contributed by atoms with E-state index in [1.165, 1.54) is 11.1 Å². The monoisotopic (exact) mass is 328 g/mol. The van der Waals surface area contributed by atoms with Gasteiger partial charge in [0.1, 0.15) is 0 Å². The predicted molar refractivity (Wildman–Crippen MR) is 94.7 cm³/mol. The molecule has 6 heteroatoms. The molecule has 0 saturated carbocycles. The molecule has 0 aliphatic carbocycles. The maximum absolute atomic E-state index is 11.9. The minimum atomic E-state index is -0.255. The number of para-hydroxylation sites is 1. The maximum Gasteiger partial charge on any atom is 0.271 e. The first-order chi connectivity index (χ1) is 11.7. The third kappa shape index (κ3) is 4.52. The van der Waals surface area contributed by atoms with E-state index in [0.29, 0.717) is 19.0 Å². The normalized spacial score (nSPS) is 10.5. The maximum atomic E-state index is 11.9. The number of amides is 1. The van der Waals surface area contributed by atoms with Crippen LogP contribution in [0, 0.1) is 0 Å². The average Bonchev–Trinajstić information content (AvgIpc) is 2.62. The highest BCUT2D eigenvalue weighted by Gasteiger charge is 2.10. The lowest BCUT2D eigenvalue weighted by Gasteiger charge is -2.14. The minimum Gasteiger partial charge on any atom is -0.383 e. The van der Waals surface area contributed by atoms with Crippen LogP contribution >= 0.6 is 0 Å². The topological polar surface area (TPSA) is 76.1 Å². The van der Waals surface area contributed by atoms with E-state index in [-0.39, 0.29) is 11.6 Å². The summed E-state index contributed by atoms with van der Waals surface area (Å²) in [7, 11) is 1.59. The molecule has 0 saturated heterocycles. The Kier molecular flexibility index (Phi) is 6.69. The third-order valence-electron chi connectivity index (χ3n) is 3.74. The fourth-order valence-corrected chi connectivity index (χ4v) is 2.41. The number of nitrogens with zero attached hydrogens (tertiary/aromatic N) is 2. The molecule has 0 spiro atoms. The molecule has 0 unspecified atom stereocenters. The number of carbonyl (C=O) groups excluding carboxylic acids is 1. The molecule has 128 valence electrons. The quantitative estimate of drug-likeness (QED) is 0.729. The van der Waals surface area contributed by atoms with E-state index in [1.54, 1.807) is 19.2 Å². The largest absolute Gasteiger partial charge is 0.383 e. The van der Waals surface area contributed by atoms with Gasteiger partial charge in [0, 0.05) is 19.3 Å². The molecule has 2 aromatic rings. The van der Waals surface area contributed by atoms with Crippen molar-refractivity contribution in [2.75, 3.05) is 25.6 Å². The third-order valence-corrected chi connectivity index (χ3v) is 3.74. The molecule has 2 N–H and O–H groups in total. The van der Waals surface area contributed by atoms with Crippen LogP contribution < -0.4 is 10.6 Å². The Morgan fingerprint density at radius 1 is 1.08 bits per heavy atom. The Morgan fingerprint density at radius 2 is 1.79 bits per heavy atom. The number of hydrogen-bond acceptors (Lipinski definition) is 5. The van der Waals surface area contributed by atoms with Crippen LogP contribution in [-0.2, 0) is 17.6 Å². The van der Waals surface area contributed by atoms with Crippen molar-refractivity contribution in [1.82, 2.24) is 15.5 Å². The van der Waals surface area contributed by atoms with Gasteiger partial charge in [-0.15, -0.1) is 10.2 Å². The highest BCUT2D eigenvalue weighted by molar-refractivity contribution is 5.92. The Bertz CT molecular complexity index is 649. The molecule has 0 radical (unpaired) electrons. The van der Waals surface area contributed by atoms with Gasteiger partial charge >= 0.3 is 0 Å². The summed E-state index contributed by atoms with van der Waals surface area (Å²) in [6.45, 7) is 5.16. The number of nitrogens with one attached hydrogen (secondary N) is 2. The van der Waals surface area contributed by atoms with Gasteiger partial charge < -0.3 is 15.4 Å². The summed E-state index contributed by atoms with van der Waals surface area (Å²) >= 11 is 0. The van der Waals surface area contributed by atoms with Crippen LogP contribution in [0.5, 0.6) is 0 Å². The van der Waals surface area contributed by atoms with Gasteiger partial charge in [-0.2, -0.15) is 0 Å². The number of aryl methyl sites for hydroxylation is 2. The van der Waals surface area contributed by atoms with Gasteiger partial charge in [0.25, 0.3) is 5.91 Å². The lowest BCUT2D eigenvalue weighted by molar-refractivity contribution is 0.0931. The molecular formula is C18H24N4O2. The van der Waals surface area contributed by atoms with Gasteiger partial charge in [-0.3, -0.25) is 4.79 Å². The molecule has 2 rings (SSSR count). The SMILES string of the molecule is CCc1cccc(CC)c1Nc1ccc(C(=O)NCCOC)nn1. The number of rotatable bonds is 8. The van der Waals surface area contributed by atoms with E-state index in [4.69, 9.17) is 4.74 Å². The first kappa shape index (κ1) is 17.9. The van der Waals surface area contributed by atoms with Crippen molar-refractivity contribution in [3.05, 3.63) is 47.2 Å². The molecule has 1 aromatic heterocycles. The molecule has 6 nitrogen and oxygen atoms in total. The minimum absolute atomic E-state index is 0.255. The molecule has 0 aliphatic rings. The highest BCUT2D eigenvalue weighted by Crippen LogP contribution is 2.25. The Hall–Kier alpha value is -2.47. The van der Waals surface area contributed by atoms with Crippen molar-refractivity contribution < 1.29 is 9.53 Å². The second-order valence-electron chi connectivity index (χ2n) is 5.34. The number of aromatic nitrogens is 2. The lowest BCUT2D eigenvalue weighted by atomic mass is 10.0. The smallest absolute Gasteiger partial charge is 0.271 e. The summed E-state index contributed by atoms with van der Waals surface area (Å²) in [6.07, 6.45) is 1.87. The van der Waals surface area contributed by atoms with E-state index >= 15 is 0 Å². The van der Waals surface area contributed by atoms with Gasteiger partial charge in [-0.05, 0) is 36.1 Å². The van der Waals surface area contributed by atoms with E-state index in [2.05, 4.69) is 52.9 Å². The zero-order valence-electron chi connectivity index (χ0n) is 14.4. The van der Waals surface area contributed by atoms with Crippen molar-refractivity contribution in [2.24, 2.45) is 0 Å². The van der Waals surface area contributed by atoms with E-state index in [1.807, 2.05) is 0 Å². The molecule has 24 heavy (non-hydrogen) atoms. The number of anilines is 2. The van der Waals surface area contributed by atoms with Crippen LogP contribution in [-0.4, -0.2) is 36.4 Å². The summed E-state index contributed by atoms with van der Waals surface area (Å²) in [4.78, 5) is 11.9. The van der Waals surface area contributed by atoms with Crippen molar-refractivity contribution >= 4 is 17.4 Å². The first-order valence-electron chi connectivity index (χ1n) is 8.18. The summed E-state index contributed by atoms with van der Waals surface area (Å²) in [5.74, 6) is 0.369. The summed E-state index contributed by atoms with van der Waals surface area (Å²) in [5.41, 5.74) is 3.83. The molecule has 0 atom stereocenters. The van der Waals surface area contributed by atoms with Crippen LogP contribution in [0.3, 0.4) is 0 Å². The number of methoxy groups -OCH3 is 1. The zero-order chi connectivity index (χ0) is 17.4. The second-order valence-corrected chi connectivity index (χ2v) is 5.34. The molecule has 0 aliphatic heterocycles. The van der Waals surface area contributed by atoms with E-state index in [9.17, 15) is 4.79 Å². The van der Waals surface area contributed by atoms with Crippen molar-refractivity contribution in [1.29, 1.82) is 0 Å². The van der Waals surface area contributed by atoms with Crippen molar-refractivity contribution in [3.63, 3.8) is 0 Å². The molecule has 0 bridgehead atoms. The number of benzene rings is 1. The van der Waals surface area contributed by atoms with E-state index in [0.717, 1.165) is 18.5 Å². The Morgan fingerprint density at radius 3 is 2.33 bits per heavy atom. The predicted octanol–water partition coefficient (Wildman–Crippen LogP) is 2.72. The molecule has 1 amide bonds. The standard InChI is InChI=1S/C18H24N4O2/c1-4-13-7-6-8-14(5-2)17(13)20-16-10-9-15(21-22-16)18(23)19-11-12-24-3/h6-10H,4-5,11-12H2,1-3H3,(H,19,23)(H,20,22). The van der Waals surface area contributed by atoms with Crippen LogP contribution in [0.1, 0.15) is 35.5 Å². The van der Waals surface area contributed by atoms with Gasteiger partial charge in [0.15, 0.2) is 11.5 Å². The van der Waals surface area contributed by atoms with Gasteiger partial charge in [-0.25, -0.2) is 0 Å². The lowest BCUT2D eigenvalue weighted by Crippen LogP contribution is -2.27. The second kappa shape index (κ2) is 8.98. The van der Waals surface area contributed by atoms with Gasteiger partial charge in [-0.1, -0.05) is 32.0 Å². The van der Waals surface area contributed by atoms with E-state index < -0.39 is 0 Å². The van der Waals surface area contributed by atoms with Crippen LogP contribution in [0.15, 0.2) is 30.3 Å². The van der Waals surface area contributed by atoms with Crippen LogP contribution in [0.25, 0.3) is 0 Å². The molecular weight excluding hydrogens is 304 g/mol. The van der Waals surface area contributed by atoms with Gasteiger partial charge in [0.2, 0.25) is 0 Å². The summed E-state index contributed by atoms with van der Waals surface area (Å²) in [5, 5.41) is 14.2. The van der Waals surface area contributed by atoms with Gasteiger partial charge in [0.05, 0.1) is 6.61 Å². The van der Waals surface area contributed by atoms with Crippen LogP contribution in [0.2, 0.25) is 0 Å². The fraction of sp³-hybridized carbons (Fsp3) is 0.389. The highest BCUT2D eigenvalue weighted by atomic mass is 16.5. The first-order valence-corrected chi connectivity index (χ1v) is 8.18. The van der Waals surface area contributed by atoms with Crippen molar-refractivity contribution in [3.8, 4) is 0 Å². The molecule has 1 heterocycles. The number of carbonyl (C=O) groups is 1. The van der Waals surface area contributed by atoms with Crippen LogP contribution in [0.4, 0.5) is 11.5 Å². The molecule has 1 aromatic carbocycles. The summed E-state index contributed by atoms with van der Waals surface area (Å²) in [6, 6.07) is 9.71. The Labute approximate surface area is 142 Å². The number of ether oxygens (including phenoxy) is 1. The average molecular weight is 328 g/mol.